The molecule has 2 aliphatic rings. The van der Waals surface area contributed by atoms with Crippen LogP contribution in [-0.2, 0) is 4.74 Å². The van der Waals surface area contributed by atoms with E-state index in [4.69, 9.17) is 16.2 Å². The van der Waals surface area contributed by atoms with Crippen molar-refractivity contribution < 1.29 is 19.3 Å². The first-order valence-electron chi connectivity index (χ1n) is 7.09. The van der Waals surface area contributed by atoms with Gasteiger partial charge in [-0.05, 0) is 0 Å². The van der Waals surface area contributed by atoms with Crippen molar-refractivity contribution in [3.05, 3.63) is 18.6 Å². The summed E-state index contributed by atoms with van der Waals surface area (Å²) in [6.07, 6.45) is -1.99. The topological polar surface area (TPSA) is 144 Å². The van der Waals surface area contributed by atoms with Crippen molar-refractivity contribution in [2.24, 2.45) is 16.5 Å². The van der Waals surface area contributed by atoms with E-state index in [1.54, 1.807) is 0 Å². The first-order chi connectivity index (χ1) is 11.4. The molecule has 0 saturated carbocycles. The van der Waals surface area contributed by atoms with Crippen LogP contribution in [0.15, 0.2) is 17.9 Å². The van der Waals surface area contributed by atoms with Crippen LogP contribution in [0.5, 0.6) is 0 Å². The van der Waals surface area contributed by atoms with Crippen LogP contribution in [0.3, 0.4) is 0 Å². The summed E-state index contributed by atoms with van der Waals surface area (Å²) < 4.78 is 19.5. The number of aliphatic imine (C=N–C) groups is 1. The molecular formula is C14H17FN6O3. The van der Waals surface area contributed by atoms with Gasteiger partial charge in [-0.25, -0.2) is 9.37 Å². The Bertz CT molecular complexity index is 766. The summed E-state index contributed by atoms with van der Waals surface area (Å²) in [6, 6.07) is 0. The number of ether oxygens (including phenoxy) is 1. The Hall–Kier alpha value is -2.45. The molecule has 4 atom stereocenters. The van der Waals surface area contributed by atoms with Gasteiger partial charge in [-0.3, -0.25) is 4.57 Å². The van der Waals surface area contributed by atoms with E-state index in [1.165, 1.54) is 10.9 Å². The second-order valence-corrected chi connectivity index (χ2v) is 5.45. The van der Waals surface area contributed by atoms with Crippen LogP contribution in [0.2, 0.25) is 0 Å². The molecule has 0 amide bonds. The number of nitrogens with two attached hydrogens (primary N) is 2. The molecule has 7 N–H and O–H groups in total. The van der Waals surface area contributed by atoms with Crippen molar-refractivity contribution in [3.8, 4) is 11.8 Å². The highest BCUT2D eigenvalue weighted by molar-refractivity contribution is 5.93. The van der Waals surface area contributed by atoms with Gasteiger partial charge in [0.1, 0.15) is 24.6 Å². The maximum Gasteiger partial charge on any atom is 0.199 e. The van der Waals surface area contributed by atoms with Crippen LogP contribution in [0.25, 0.3) is 5.70 Å². The lowest BCUT2D eigenvalue weighted by Crippen LogP contribution is -2.53. The summed E-state index contributed by atoms with van der Waals surface area (Å²) in [5.41, 5.74) is 11.1. The van der Waals surface area contributed by atoms with E-state index >= 15 is 0 Å². The predicted octanol–water partition coefficient (Wildman–Crippen LogP) is -1.68. The van der Waals surface area contributed by atoms with Crippen LogP contribution in [0.1, 0.15) is 11.9 Å². The van der Waals surface area contributed by atoms with Gasteiger partial charge in [-0.1, -0.05) is 18.4 Å². The molecule has 10 heteroatoms. The SMILES string of the molecule is C=C1NC(N)=Nc2c1ncn2[C@@H]1OC(CO)C(O)[C@]1(N)C#CCF. The molecular weight excluding hydrogens is 319 g/mol. The normalized spacial score (nSPS) is 31.8. The standard InChI is InChI=1S/C14H17FN6O3/c1-7-9-11(20-13(16)19-7)21(6-18-9)12-14(17,3-2-4-15)10(23)8(5-22)24-12/h6,8,10,12,22-23H,1,4-5,17H2,(H3,16,19,20)/t8?,10?,12-,14-/m1/s1. The van der Waals surface area contributed by atoms with E-state index in [-0.39, 0.29) is 5.96 Å². The van der Waals surface area contributed by atoms with E-state index in [2.05, 4.69) is 33.7 Å². The summed E-state index contributed by atoms with van der Waals surface area (Å²) in [5.74, 6) is 5.11. The number of rotatable bonds is 2. The van der Waals surface area contributed by atoms with E-state index in [9.17, 15) is 14.6 Å². The van der Waals surface area contributed by atoms with Crippen LogP contribution in [0.4, 0.5) is 10.2 Å². The minimum absolute atomic E-state index is 0.101. The molecule has 0 aliphatic carbocycles. The number of hydrogen-bond acceptors (Lipinski definition) is 8. The Morgan fingerprint density at radius 2 is 2.33 bits per heavy atom. The van der Waals surface area contributed by atoms with Gasteiger partial charge in [-0.15, -0.1) is 0 Å². The van der Waals surface area contributed by atoms with Gasteiger partial charge in [-0.2, -0.15) is 4.99 Å². The Kier molecular flexibility index (Phi) is 4.02. The molecule has 128 valence electrons. The number of guanidine groups is 1. The Labute approximate surface area is 136 Å². The van der Waals surface area contributed by atoms with Crippen LogP contribution in [-0.4, -0.2) is 56.8 Å². The molecule has 2 unspecified atom stereocenters. The molecule has 2 aliphatic heterocycles. The van der Waals surface area contributed by atoms with E-state index in [1.807, 2.05) is 0 Å². The number of nitrogens with zero attached hydrogens (tertiary/aromatic N) is 3. The molecule has 0 spiro atoms. The lowest BCUT2D eigenvalue weighted by Gasteiger charge is -2.28. The fourth-order valence-electron chi connectivity index (χ4n) is 2.77. The summed E-state index contributed by atoms with van der Waals surface area (Å²) in [6.45, 7) is 2.37. The van der Waals surface area contributed by atoms with Gasteiger partial charge >= 0.3 is 0 Å². The molecule has 0 bridgehead atoms. The summed E-state index contributed by atoms with van der Waals surface area (Å²) >= 11 is 0. The van der Waals surface area contributed by atoms with Crippen molar-refractivity contribution >= 4 is 17.5 Å². The Morgan fingerprint density at radius 3 is 3.00 bits per heavy atom. The largest absolute Gasteiger partial charge is 0.394 e. The molecule has 9 nitrogen and oxygen atoms in total. The number of nitrogens with one attached hydrogen (secondary N) is 1. The molecule has 1 aromatic rings. The zero-order valence-electron chi connectivity index (χ0n) is 12.6. The molecule has 3 rings (SSSR count). The zero-order valence-corrected chi connectivity index (χ0v) is 12.6. The molecule has 1 saturated heterocycles. The molecule has 0 radical (unpaired) electrons. The number of fused-ring (bicyclic) bond motifs is 1. The summed E-state index contributed by atoms with van der Waals surface area (Å²) in [7, 11) is 0. The minimum Gasteiger partial charge on any atom is -0.394 e. The molecule has 0 aromatic carbocycles. The van der Waals surface area contributed by atoms with E-state index in [0.29, 0.717) is 17.2 Å². The van der Waals surface area contributed by atoms with Crippen LogP contribution in [0, 0.1) is 11.8 Å². The molecule has 24 heavy (non-hydrogen) atoms. The number of alkyl halides is 1. The van der Waals surface area contributed by atoms with Gasteiger partial charge in [0.2, 0.25) is 0 Å². The van der Waals surface area contributed by atoms with Crippen molar-refractivity contribution in [2.75, 3.05) is 13.3 Å². The number of aromatic nitrogens is 2. The van der Waals surface area contributed by atoms with Crippen LogP contribution >= 0.6 is 0 Å². The lowest BCUT2D eigenvalue weighted by atomic mass is 9.91. The van der Waals surface area contributed by atoms with Crippen molar-refractivity contribution in [1.29, 1.82) is 0 Å². The average Bonchev–Trinajstić information content (AvgIpc) is 3.06. The molecule has 1 fully saturated rings. The number of aliphatic hydroxyl groups excluding tert-OH is 2. The van der Waals surface area contributed by atoms with Gasteiger partial charge in [0.15, 0.2) is 23.5 Å². The third-order valence-corrected chi connectivity index (χ3v) is 3.92. The van der Waals surface area contributed by atoms with Gasteiger partial charge in [0.25, 0.3) is 0 Å². The third-order valence-electron chi connectivity index (χ3n) is 3.92. The second-order valence-electron chi connectivity index (χ2n) is 5.45. The summed E-state index contributed by atoms with van der Waals surface area (Å²) in [4.78, 5) is 8.32. The minimum atomic E-state index is -1.66. The van der Waals surface area contributed by atoms with Crippen LogP contribution < -0.4 is 16.8 Å². The van der Waals surface area contributed by atoms with Gasteiger partial charge < -0.3 is 31.7 Å². The average molecular weight is 336 g/mol. The predicted molar refractivity (Wildman–Crippen MR) is 83.4 cm³/mol. The molecule has 3 heterocycles. The maximum atomic E-state index is 12.5. The van der Waals surface area contributed by atoms with Crippen molar-refractivity contribution in [3.63, 3.8) is 0 Å². The quantitative estimate of drug-likeness (QED) is 0.406. The summed E-state index contributed by atoms with van der Waals surface area (Å²) in [5, 5.41) is 22.5. The van der Waals surface area contributed by atoms with Crippen molar-refractivity contribution in [2.45, 2.75) is 24.0 Å². The highest BCUT2D eigenvalue weighted by atomic mass is 19.1. The number of imidazole rings is 1. The smallest absolute Gasteiger partial charge is 0.199 e. The number of aliphatic hydroxyl groups is 2. The number of halogens is 1. The maximum absolute atomic E-state index is 12.5. The third kappa shape index (κ3) is 2.35. The highest BCUT2D eigenvalue weighted by Gasteiger charge is 2.54. The van der Waals surface area contributed by atoms with E-state index < -0.39 is 37.3 Å². The number of hydrogen-bond donors (Lipinski definition) is 5. The lowest BCUT2D eigenvalue weighted by molar-refractivity contribution is -0.0453. The monoisotopic (exact) mass is 336 g/mol. The first-order valence-corrected chi connectivity index (χ1v) is 7.09. The van der Waals surface area contributed by atoms with Gasteiger partial charge in [0.05, 0.1) is 18.6 Å². The fraction of sp³-hybridized carbons (Fsp3) is 0.429. The Balaban J connectivity index is 2.10. The zero-order chi connectivity index (χ0) is 17.5. The highest BCUT2D eigenvalue weighted by Crippen LogP contribution is 2.40. The first kappa shape index (κ1) is 16.4. The Morgan fingerprint density at radius 1 is 1.58 bits per heavy atom. The fourth-order valence-corrected chi connectivity index (χ4v) is 2.77. The van der Waals surface area contributed by atoms with Gasteiger partial charge in [0, 0.05) is 0 Å². The molecule has 1 aromatic heterocycles. The van der Waals surface area contributed by atoms with Crippen molar-refractivity contribution in [1.82, 2.24) is 14.9 Å². The van der Waals surface area contributed by atoms with E-state index in [0.717, 1.165) is 0 Å². The second kappa shape index (κ2) is 5.88.